The van der Waals surface area contributed by atoms with Gasteiger partial charge in [-0.15, -0.1) is 22.7 Å². The van der Waals surface area contributed by atoms with E-state index >= 15 is 0 Å². The monoisotopic (exact) mass is 347 g/mol. The van der Waals surface area contributed by atoms with Crippen molar-refractivity contribution in [3.05, 3.63) is 39.2 Å². The van der Waals surface area contributed by atoms with E-state index < -0.39 is 5.97 Å². The molecule has 6 nitrogen and oxygen atoms in total. The van der Waals surface area contributed by atoms with E-state index in [0.29, 0.717) is 23.3 Å². The van der Waals surface area contributed by atoms with Crippen molar-refractivity contribution in [1.82, 2.24) is 4.98 Å². The molecule has 0 spiro atoms. The lowest BCUT2D eigenvalue weighted by Crippen LogP contribution is -2.27. The van der Waals surface area contributed by atoms with Gasteiger partial charge in [0.1, 0.15) is 0 Å². The molecule has 23 heavy (non-hydrogen) atoms. The van der Waals surface area contributed by atoms with Crippen molar-refractivity contribution >= 4 is 51.7 Å². The third-order valence-corrected chi connectivity index (χ3v) is 4.81. The minimum Gasteiger partial charge on any atom is -0.401 e. The Hall–Kier alpha value is -2.32. The molecule has 8 heteroatoms. The van der Waals surface area contributed by atoms with E-state index in [1.807, 2.05) is 24.4 Å². The molecule has 0 fully saturated rings. The predicted octanol–water partition coefficient (Wildman–Crippen LogP) is 2.92. The second-order valence-corrected chi connectivity index (χ2v) is 6.42. The van der Waals surface area contributed by atoms with Gasteiger partial charge in [0.15, 0.2) is 10.8 Å². The Morgan fingerprint density at radius 3 is 2.91 bits per heavy atom. The molecule has 0 N–H and O–H groups in total. The minimum atomic E-state index is -0.498. The Bertz CT molecular complexity index is 806. The first-order valence-corrected chi connectivity index (χ1v) is 8.64. The lowest BCUT2D eigenvalue weighted by atomic mass is 10.3. The Morgan fingerprint density at radius 2 is 2.26 bits per heavy atom. The summed E-state index contributed by atoms with van der Waals surface area (Å²) in [5.41, 5.74) is 0.781. The number of nitrogens with zero attached hydrogens (tertiary/aromatic N) is 3. The van der Waals surface area contributed by atoms with Gasteiger partial charge in [0, 0.05) is 18.8 Å². The van der Waals surface area contributed by atoms with Crippen LogP contribution in [-0.4, -0.2) is 29.3 Å². The van der Waals surface area contributed by atoms with Crippen LogP contribution in [0.4, 0.5) is 5.13 Å². The third-order valence-electron chi connectivity index (χ3n) is 3.07. The number of hydrogen-bond donors (Lipinski definition) is 0. The number of cyclic esters (lactones) is 1. The second-order valence-electron chi connectivity index (χ2n) is 4.63. The molecule has 0 bridgehead atoms. The number of anilines is 1. The molecule has 0 atom stereocenters. The summed E-state index contributed by atoms with van der Waals surface area (Å²) in [6, 6.07) is 3.71. The second kappa shape index (κ2) is 6.43. The zero-order valence-corrected chi connectivity index (χ0v) is 14.1. The van der Waals surface area contributed by atoms with Crippen molar-refractivity contribution in [2.75, 3.05) is 11.4 Å². The molecule has 1 amide bonds. The minimum absolute atomic E-state index is 0.0701. The number of thiophene rings is 1. The van der Waals surface area contributed by atoms with E-state index in [1.54, 1.807) is 16.4 Å². The maximum absolute atomic E-state index is 11.9. The van der Waals surface area contributed by atoms with Gasteiger partial charge in [-0.2, -0.15) is 0 Å². The zero-order valence-electron chi connectivity index (χ0n) is 12.5. The summed E-state index contributed by atoms with van der Waals surface area (Å²) in [5, 5.41) is 4.27. The van der Waals surface area contributed by atoms with Crippen molar-refractivity contribution in [1.29, 1.82) is 0 Å². The summed E-state index contributed by atoms with van der Waals surface area (Å²) in [5.74, 6) is -0.258. The normalized spacial score (nSPS) is 15.7. The van der Waals surface area contributed by atoms with Gasteiger partial charge in [0.05, 0.1) is 10.6 Å². The largest absolute Gasteiger partial charge is 0.401 e. The van der Waals surface area contributed by atoms with Crippen molar-refractivity contribution < 1.29 is 14.3 Å². The van der Waals surface area contributed by atoms with E-state index in [0.717, 1.165) is 4.88 Å². The molecular weight excluding hydrogens is 334 g/mol. The summed E-state index contributed by atoms with van der Waals surface area (Å²) >= 11 is 2.80. The van der Waals surface area contributed by atoms with E-state index in [1.165, 1.54) is 29.6 Å². The van der Waals surface area contributed by atoms with Crippen LogP contribution in [0.15, 0.2) is 33.6 Å². The first kappa shape index (κ1) is 15.6. The smallest absolute Gasteiger partial charge is 0.363 e. The van der Waals surface area contributed by atoms with Crippen LogP contribution >= 0.6 is 22.7 Å². The van der Waals surface area contributed by atoms with Crippen molar-refractivity contribution in [3.63, 3.8) is 0 Å². The lowest BCUT2D eigenvalue weighted by molar-refractivity contribution is -0.129. The van der Waals surface area contributed by atoms with E-state index in [4.69, 9.17) is 4.74 Å². The van der Waals surface area contributed by atoms with Crippen molar-refractivity contribution in [3.8, 4) is 0 Å². The fourth-order valence-electron chi connectivity index (χ4n) is 2.01. The number of hydrogen-bond acceptors (Lipinski definition) is 7. The van der Waals surface area contributed by atoms with Gasteiger partial charge < -0.3 is 4.74 Å². The Balaban J connectivity index is 1.86. The molecular formula is C15H13N3O3S2. The summed E-state index contributed by atoms with van der Waals surface area (Å²) < 4.78 is 5.17. The number of carbonyl (C=O) groups is 2. The average Bonchev–Trinajstić information content (AvgIpc) is 3.22. The van der Waals surface area contributed by atoms with Crippen LogP contribution in [0.3, 0.4) is 0 Å². The maximum Gasteiger partial charge on any atom is 0.363 e. The van der Waals surface area contributed by atoms with E-state index in [-0.39, 0.29) is 11.6 Å². The number of rotatable bonds is 4. The lowest BCUT2D eigenvalue weighted by Gasteiger charge is -2.14. The molecule has 3 heterocycles. The molecule has 0 saturated heterocycles. The fraction of sp³-hybridized carbons (Fsp3) is 0.200. The van der Waals surface area contributed by atoms with Crippen LogP contribution in [0.5, 0.6) is 0 Å². The molecule has 118 valence electrons. The van der Waals surface area contributed by atoms with Gasteiger partial charge >= 0.3 is 5.97 Å². The molecule has 1 aliphatic heterocycles. The number of esters is 1. The van der Waals surface area contributed by atoms with Gasteiger partial charge in [-0.05, 0) is 24.4 Å². The summed E-state index contributed by atoms with van der Waals surface area (Å²) in [7, 11) is 0. The Kier molecular flexibility index (Phi) is 4.35. The molecule has 0 unspecified atom stereocenters. The molecule has 0 aromatic carbocycles. The highest BCUT2D eigenvalue weighted by molar-refractivity contribution is 7.14. The third kappa shape index (κ3) is 3.22. The SMILES string of the molecule is CCN(C(C)=O)c1nc(/C=C2\N=C(c3cccs3)OC2=O)cs1. The maximum atomic E-state index is 11.9. The topological polar surface area (TPSA) is 71.9 Å². The van der Waals surface area contributed by atoms with Crippen molar-refractivity contribution in [2.24, 2.45) is 4.99 Å². The number of aromatic nitrogens is 1. The van der Waals surface area contributed by atoms with Crippen LogP contribution in [0.1, 0.15) is 24.4 Å². The standard InChI is InChI=1S/C15H13N3O3S2/c1-3-18(9(2)19)15-16-10(8-23-15)7-11-14(20)21-13(17-11)12-5-4-6-22-12/h4-8H,3H2,1-2H3/b11-7-. The highest BCUT2D eigenvalue weighted by Gasteiger charge is 2.25. The predicted molar refractivity (Wildman–Crippen MR) is 90.7 cm³/mol. The van der Waals surface area contributed by atoms with Crippen LogP contribution in [-0.2, 0) is 14.3 Å². The van der Waals surface area contributed by atoms with Crippen LogP contribution in [0.2, 0.25) is 0 Å². The molecule has 0 aliphatic carbocycles. The Morgan fingerprint density at radius 1 is 1.43 bits per heavy atom. The van der Waals surface area contributed by atoms with E-state index in [9.17, 15) is 9.59 Å². The highest BCUT2D eigenvalue weighted by atomic mass is 32.1. The molecule has 0 saturated carbocycles. The molecule has 3 rings (SSSR count). The Labute approximate surface area is 140 Å². The van der Waals surface area contributed by atoms with Gasteiger partial charge in [-0.25, -0.2) is 14.8 Å². The summed E-state index contributed by atoms with van der Waals surface area (Å²) in [6.45, 7) is 3.92. The van der Waals surface area contributed by atoms with Gasteiger partial charge in [-0.1, -0.05) is 6.07 Å². The molecule has 0 radical (unpaired) electrons. The average molecular weight is 347 g/mol. The van der Waals surface area contributed by atoms with Gasteiger partial charge in [0.2, 0.25) is 11.8 Å². The summed E-state index contributed by atoms with van der Waals surface area (Å²) in [6.07, 6.45) is 1.57. The van der Waals surface area contributed by atoms with E-state index in [2.05, 4.69) is 9.98 Å². The number of aliphatic imine (C=N–C) groups is 1. The number of carbonyl (C=O) groups excluding carboxylic acids is 2. The van der Waals surface area contributed by atoms with Gasteiger partial charge in [-0.3, -0.25) is 9.69 Å². The first-order chi connectivity index (χ1) is 11.1. The number of thiazole rings is 1. The molecule has 2 aromatic rings. The molecule has 2 aromatic heterocycles. The number of ether oxygens (including phenoxy) is 1. The first-order valence-electron chi connectivity index (χ1n) is 6.88. The quantitative estimate of drug-likeness (QED) is 0.630. The van der Waals surface area contributed by atoms with Crippen LogP contribution < -0.4 is 4.90 Å². The highest BCUT2D eigenvalue weighted by Crippen LogP contribution is 2.25. The van der Waals surface area contributed by atoms with Gasteiger partial charge in [0.25, 0.3) is 0 Å². The molecule has 1 aliphatic rings. The summed E-state index contributed by atoms with van der Waals surface area (Å²) in [4.78, 5) is 34.4. The number of amides is 1. The zero-order chi connectivity index (χ0) is 16.4. The van der Waals surface area contributed by atoms with Crippen LogP contribution in [0, 0.1) is 0 Å². The fourth-order valence-corrected chi connectivity index (χ4v) is 3.55. The van der Waals surface area contributed by atoms with Crippen LogP contribution in [0.25, 0.3) is 6.08 Å². The van der Waals surface area contributed by atoms with Crippen molar-refractivity contribution in [2.45, 2.75) is 13.8 Å².